The van der Waals surface area contributed by atoms with Crippen molar-refractivity contribution < 1.29 is 14.6 Å². The molecule has 0 heterocycles. The summed E-state index contributed by atoms with van der Waals surface area (Å²) >= 11 is 0. The van der Waals surface area contributed by atoms with Crippen LogP contribution < -0.4 is 5.32 Å². The lowest BCUT2D eigenvalue weighted by Crippen LogP contribution is -2.40. The van der Waals surface area contributed by atoms with Gasteiger partial charge in [0.15, 0.2) is 0 Å². The first kappa shape index (κ1) is 26.0. The van der Waals surface area contributed by atoms with Gasteiger partial charge in [-0.25, -0.2) is 0 Å². The summed E-state index contributed by atoms with van der Waals surface area (Å²) in [6, 6.07) is 22.3. The Morgan fingerprint density at radius 3 is 2.30 bits per heavy atom. The second-order valence-electron chi connectivity index (χ2n) is 7.55. The highest BCUT2D eigenvalue weighted by molar-refractivity contribution is 5.78. The molecule has 0 bridgehead atoms. The van der Waals surface area contributed by atoms with Crippen molar-refractivity contribution in [3.8, 4) is 11.1 Å². The van der Waals surface area contributed by atoms with Crippen molar-refractivity contribution in [2.75, 3.05) is 13.7 Å². The average molecular weight is 446 g/mol. The largest absolute Gasteiger partial charge is 0.468 e. The highest BCUT2D eigenvalue weighted by Gasteiger charge is 2.17. The van der Waals surface area contributed by atoms with E-state index in [4.69, 9.17) is 0 Å². The molecule has 1 atom stereocenters. The third kappa shape index (κ3) is 7.14. The van der Waals surface area contributed by atoms with Crippen LogP contribution in [0.1, 0.15) is 41.7 Å². The van der Waals surface area contributed by atoms with E-state index >= 15 is 0 Å². The Morgan fingerprint density at radius 1 is 0.970 bits per heavy atom. The van der Waals surface area contributed by atoms with E-state index in [2.05, 4.69) is 90.7 Å². The number of nitrogens with one attached hydrogen (secondary N) is 1. The summed E-state index contributed by atoms with van der Waals surface area (Å²) in [7, 11) is 1.31. The minimum Gasteiger partial charge on any atom is -0.468 e. The maximum atomic E-state index is 11.6. The number of ether oxygens (including phenoxy) is 1. The number of carbonyl (C=O) groups excluding carboxylic acids is 1. The lowest BCUT2D eigenvalue weighted by molar-refractivity contribution is -0.144. The van der Waals surface area contributed by atoms with Crippen molar-refractivity contribution in [3.05, 3.63) is 94.5 Å². The zero-order valence-corrected chi connectivity index (χ0v) is 20.3. The first-order valence-corrected chi connectivity index (χ1v) is 11.4. The first-order valence-electron chi connectivity index (χ1n) is 11.4. The molecule has 3 aromatic rings. The van der Waals surface area contributed by atoms with Gasteiger partial charge < -0.3 is 9.84 Å². The van der Waals surface area contributed by atoms with E-state index in [9.17, 15) is 9.90 Å². The third-order valence-corrected chi connectivity index (χ3v) is 5.46. The van der Waals surface area contributed by atoms with Crippen molar-refractivity contribution in [2.24, 2.45) is 0 Å². The smallest absolute Gasteiger partial charge is 0.325 e. The predicted octanol–water partition coefficient (Wildman–Crippen LogP) is 5.79. The van der Waals surface area contributed by atoms with Crippen molar-refractivity contribution in [1.29, 1.82) is 0 Å². The quantitative estimate of drug-likeness (QED) is 0.340. The van der Waals surface area contributed by atoms with Crippen molar-refractivity contribution in [3.63, 3.8) is 0 Å². The van der Waals surface area contributed by atoms with Crippen molar-refractivity contribution in [1.82, 2.24) is 5.32 Å². The molecule has 0 amide bonds. The molecule has 4 heteroatoms. The fourth-order valence-electron chi connectivity index (χ4n) is 3.58. The summed E-state index contributed by atoms with van der Waals surface area (Å²) in [6.45, 7) is 8.40. The van der Waals surface area contributed by atoms with Crippen LogP contribution in [0.15, 0.2) is 66.7 Å². The number of hydrogen-bond acceptors (Lipinski definition) is 4. The molecule has 0 saturated heterocycles. The van der Waals surface area contributed by atoms with Gasteiger partial charge in [0.25, 0.3) is 0 Å². The van der Waals surface area contributed by atoms with Crippen LogP contribution in [-0.4, -0.2) is 30.8 Å². The number of hydrogen-bond donors (Lipinski definition) is 2. The molecular weight excluding hydrogens is 410 g/mol. The van der Waals surface area contributed by atoms with E-state index in [1.165, 1.54) is 29.4 Å². The lowest BCUT2D eigenvalue weighted by atomic mass is 9.95. The molecule has 1 unspecified atom stereocenters. The highest BCUT2D eigenvalue weighted by atomic mass is 16.5. The van der Waals surface area contributed by atoms with E-state index in [1.807, 2.05) is 26.0 Å². The van der Waals surface area contributed by atoms with Crippen LogP contribution in [-0.2, 0) is 16.1 Å². The normalized spacial score (nSPS) is 11.6. The molecule has 2 N–H and O–H groups in total. The zero-order chi connectivity index (χ0) is 24.2. The Kier molecular flexibility index (Phi) is 10.5. The van der Waals surface area contributed by atoms with Gasteiger partial charge in [-0.1, -0.05) is 92.7 Å². The molecule has 3 aromatic carbocycles. The Hall–Kier alpha value is -3.21. The summed E-state index contributed by atoms with van der Waals surface area (Å²) < 4.78 is 4.68. The number of carbonyl (C=O) groups is 1. The van der Waals surface area contributed by atoms with Gasteiger partial charge in [-0.05, 0) is 52.8 Å². The van der Waals surface area contributed by atoms with Crippen LogP contribution in [0.5, 0.6) is 0 Å². The number of aliphatic hydroxyl groups excluding tert-OH is 1. The molecule has 0 saturated carbocycles. The number of aliphatic hydroxyl groups is 1. The number of benzene rings is 3. The van der Waals surface area contributed by atoms with Gasteiger partial charge in [0.05, 0.1) is 13.7 Å². The first-order chi connectivity index (χ1) is 16.0. The SMILES string of the molecule is CC.COC(=O)C(CO)NCc1ccc(/C=C/c2cccc(-c3ccccc3)c2C)c(C)c1. The van der Waals surface area contributed by atoms with Gasteiger partial charge in [0, 0.05) is 6.54 Å². The van der Waals surface area contributed by atoms with Crippen LogP contribution in [0.2, 0.25) is 0 Å². The fourth-order valence-corrected chi connectivity index (χ4v) is 3.58. The van der Waals surface area contributed by atoms with Gasteiger partial charge in [0.2, 0.25) is 0 Å². The van der Waals surface area contributed by atoms with E-state index in [0.717, 1.165) is 16.7 Å². The third-order valence-electron chi connectivity index (χ3n) is 5.46. The van der Waals surface area contributed by atoms with Crippen LogP contribution in [0.4, 0.5) is 0 Å². The second-order valence-corrected chi connectivity index (χ2v) is 7.55. The van der Waals surface area contributed by atoms with E-state index in [1.54, 1.807) is 0 Å². The molecule has 0 aliphatic carbocycles. The Balaban J connectivity index is 0.00000187. The molecule has 0 aliphatic rings. The minimum absolute atomic E-state index is 0.298. The molecule has 3 rings (SSSR count). The molecular formula is C29H35NO3. The van der Waals surface area contributed by atoms with E-state index in [0.29, 0.717) is 6.54 Å². The monoisotopic (exact) mass is 445 g/mol. The highest BCUT2D eigenvalue weighted by Crippen LogP contribution is 2.27. The van der Waals surface area contributed by atoms with Crippen molar-refractivity contribution in [2.45, 2.75) is 40.3 Å². The molecule has 174 valence electrons. The summed E-state index contributed by atoms with van der Waals surface area (Å²) in [5, 5.41) is 12.4. The molecule has 0 radical (unpaired) electrons. The van der Waals surface area contributed by atoms with Gasteiger partial charge in [-0.2, -0.15) is 0 Å². The van der Waals surface area contributed by atoms with E-state index < -0.39 is 12.0 Å². The predicted molar refractivity (Wildman–Crippen MR) is 138 cm³/mol. The second kappa shape index (κ2) is 13.4. The zero-order valence-electron chi connectivity index (χ0n) is 20.3. The molecule has 33 heavy (non-hydrogen) atoms. The average Bonchev–Trinajstić information content (AvgIpc) is 2.86. The van der Waals surface area contributed by atoms with Gasteiger partial charge >= 0.3 is 5.97 Å². The van der Waals surface area contributed by atoms with Crippen LogP contribution in [0.3, 0.4) is 0 Å². The van der Waals surface area contributed by atoms with Crippen molar-refractivity contribution >= 4 is 18.1 Å². The molecule has 0 fully saturated rings. The fraction of sp³-hybridized carbons (Fsp3) is 0.276. The van der Waals surface area contributed by atoms with Crippen LogP contribution in [0, 0.1) is 13.8 Å². The topological polar surface area (TPSA) is 58.6 Å². The Morgan fingerprint density at radius 2 is 1.67 bits per heavy atom. The summed E-state index contributed by atoms with van der Waals surface area (Å²) in [5.41, 5.74) is 8.23. The minimum atomic E-state index is -0.718. The molecule has 4 nitrogen and oxygen atoms in total. The van der Waals surface area contributed by atoms with Gasteiger partial charge in [0.1, 0.15) is 6.04 Å². The lowest BCUT2D eigenvalue weighted by Gasteiger charge is -2.14. The summed E-state index contributed by atoms with van der Waals surface area (Å²) in [6.07, 6.45) is 4.29. The van der Waals surface area contributed by atoms with Gasteiger partial charge in [-0.3, -0.25) is 10.1 Å². The number of methoxy groups -OCH3 is 1. The Labute approximate surface area is 197 Å². The standard InChI is InChI=1S/C27H29NO3.C2H6/c1-19-16-21(17-28-26(18-29)27(30)31-3)12-13-22(19)14-15-23-10-7-11-25(20(23)2)24-8-5-4-6-9-24;1-2/h4-16,26,28-29H,17-18H2,1-3H3;1-2H3/b15-14+;. The summed E-state index contributed by atoms with van der Waals surface area (Å²) in [5.74, 6) is -0.466. The number of esters is 1. The summed E-state index contributed by atoms with van der Waals surface area (Å²) in [4.78, 5) is 11.6. The number of rotatable bonds is 8. The van der Waals surface area contributed by atoms with E-state index in [-0.39, 0.29) is 6.61 Å². The number of aryl methyl sites for hydroxylation is 1. The maximum Gasteiger partial charge on any atom is 0.325 e. The maximum absolute atomic E-state index is 11.6. The molecule has 0 aromatic heterocycles. The van der Waals surface area contributed by atoms with Gasteiger partial charge in [-0.15, -0.1) is 0 Å². The molecule has 0 aliphatic heterocycles. The van der Waals surface area contributed by atoms with Crippen LogP contribution >= 0.6 is 0 Å². The Bertz CT molecular complexity index is 1060. The van der Waals surface area contributed by atoms with Crippen LogP contribution in [0.25, 0.3) is 23.3 Å². The molecule has 0 spiro atoms.